The van der Waals surface area contributed by atoms with Gasteiger partial charge in [-0.1, -0.05) is 42.5 Å². The molecule has 8 heteroatoms. The van der Waals surface area contributed by atoms with Crippen LogP contribution >= 0.6 is 0 Å². The molecular weight excluding hydrogens is 480 g/mol. The van der Waals surface area contributed by atoms with Gasteiger partial charge in [-0.15, -0.1) is 0 Å². The number of aliphatic carboxylic acids is 1. The molecule has 0 aromatic heterocycles. The van der Waals surface area contributed by atoms with Gasteiger partial charge in [-0.3, -0.25) is 9.69 Å². The van der Waals surface area contributed by atoms with E-state index in [2.05, 4.69) is 30.0 Å². The van der Waals surface area contributed by atoms with Crippen molar-refractivity contribution >= 4 is 17.3 Å². The summed E-state index contributed by atoms with van der Waals surface area (Å²) < 4.78 is 11.7. The number of rotatable bonds is 9. The van der Waals surface area contributed by atoms with Gasteiger partial charge >= 0.3 is 5.97 Å². The average Bonchev–Trinajstić information content (AvgIpc) is 3.04. The molecule has 3 aromatic carbocycles. The average molecular weight is 519 g/mol. The monoisotopic (exact) mass is 518 g/mol. The van der Waals surface area contributed by atoms with Crippen LogP contribution in [0.5, 0.6) is 5.75 Å². The van der Waals surface area contributed by atoms with Crippen LogP contribution in [-0.2, 0) is 22.6 Å². The number of fused-ring (bicyclic) bond motifs is 1. The van der Waals surface area contributed by atoms with Crippen molar-refractivity contribution < 1.29 is 19.4 Å². The number of hydrogen-bond acceptors (Lipinski definition) is 7. The van der Waals surface area contributed by atoms with E-state index in [0.29, 0.717) is 31.1 Å². The van der Waals surface area contributed by atoms with E-state index in [1.54, 1.807) is 14.2 Å². The molecule has 38 heavy (non-hydrogen) atoms. The van der Waals surface area contributed by atoms with Crippen molar-refractivity contribution in [2.24, 2.45) is 5.84 Å². The highest BCUT2D eigenvalue weighted by Crippen LogP contribution is 2.37. The van der Waals surface area contributed by atoms with E-state index in [4.69, 9.17) is 21.1 Å². The zero-order valence-corrected chi connectivity index (χ0v) is 22.6. The molecule has 2 atom stereocenters. The summed E-state index contributed by atoms with van der Waals surface area (Å²) in [5, 5.41) is 11.3. The fourth-order valence-electron chi connectivity index (χ4n) is 5.27. The zero-order chi connectivity index (χ0) is 27.4. The molecule has 0 aliphatic carbocycles. The van der Waals surface area contributed by atoms with E-state index in [1.807, 2.05) is 43.3 Å². The Labute approximate surface area is 224 Å². The standard InChI is InChI=1S/C30H38N4O4/c1-19-9-10-21(26(14-29(35)36)25-11-12-27(33(3)32)30(31)20(25)2)13-23(19)16-34-15-22-7-5-6-8-28(22)38-24(17-34)18-37-4/h5-13,24,26H,14-18,31-32H2,1-4H3,(H,35,36). The number of carboxylic acid groups (broad SMARTS) is 1. The number of ether oxygens (including phenoxy) is 2. The van der Waals surface area contributed by atoms with Gasteiger partial charge in [0.15, 0.2) is 0 Å². The van der Waals surface area contributed by atoms with Crippen LogP contribution in [0.25, 0.3) is 0 Å². The summed E-state index contributed by atoms with van der Waals surface area (Å²) in [6.45, 7) is 6.69. The van der Waals surface area contributed by atoms with Crippen LogP contribution in [0.1, 0.15) is 45.7 Å². The molecule has 1 heterocycles. The Morgan fingerprint density at radius 1 is 1.21 bits per heavy atom. The number of benzene rings is 3. The molecule has 0 radical (unpaired) electrons. The van der Waals surface area contributed by atoms with Crippen molar-refractivity contribution in [2.75, 3.05) is 38.1 Å². The van der Waals surface area contributed by atoms with Gasteiger partial charge in [0.05, 0.1) is 24.4 Å². The second-order valence-corrected chi connectivity index (χ2v) is 10.1. The van der Waals surface area contributed by atoms with E-state index in [-0.39, 0.29) is 18.4 Å². The fraction of sp³-hybridized carbons (Fsp3) is 0.367. The van der Waals surface area contributed by atoms with Gasteiger partial charge in [-0.05, 0) is 53.8 Å². The molecule has 202 valence electrons. The highest BCUT2D eigenvalue weighted by Gasteiger charge is 2.25. The summed E-state index contributed by atoms with van der Waals surface area (Å²) in [5.41, 5.74) is 13.8. The van der Waals surface area contributed by atoms with Crippen LogP contribution in [0, 0.1) is 13.8 Å². The zero-order valence-electron chi connectivity index (χ0n) is 22.6. The predicted octanol–water partition coefficient (Wildman–Crippen LogP) is 4.21. The van der Waals surface area contributed by atoms with E-state index in [1.165, 1.54) is 5.01 Å². The first kappa shape index (κ1) is 27.4. The fourth-order valence-corrected chi connectivity index (χ4v) is 5.27. The van der Waals surface area contributed by atoms with Gasteiger partial charge in [0.2, 0.25) is 0 Å². The van der Waals surface area contributed by atoms with E-state index < -0.39 is 5.97 Å². The Morgan fingerprint density at radius 2 is 1.97 bits per heavy atom. The van der Waals surface area contributed by atoms with Crippen LogP contribution in [0.4, 0.5) is 11.4 Å². The number of hydrogen-bond donors (Lipinski definition) is 3. The third-order valence-electron chi connectivity index (χ3n) is 7.31. The lowest BCUT2D eigenvalue weighted by molar-refractivity contribution is -0.137. The molecule has 2 unspecified atom stereocenters. The minimum absolute atomic E-state index is 0.0402. The molecule has 0 fully saturated rings. The summed E-state index contributed by atoms with van der Waals surface area (Å²) in [4.78, 5) is 14.3. The van der Waals surface area contributed by atoms with Crippen molar-refractivity contribution in [3.63, 3.8) is 0 Å². The highest BCUT2D eigenvalue weighted by atomic mass is 16.5. The Morgan fingerprint density at radius 3 is 2.68 bits per heavy atom. The van der Waals surface area contributed by atoms with Crippen LogP contribution < -0.4 is 21.3 Å². The summed E-state index contributed by atoms with van der Waals surface area (Å²) >= 11 is 0. The summed E-state index contributed by atoms with van der Waals surface area (Å²) in [7, 11) is 3.42. The van der Waals surface area contributed by atoms with Crippen molar-refractivity contribution in [1.82, 2.24) is 4.90 Å². The number of aryl methyl sites for hydroxylation is 1. The first-order valence-corrected chi connectivity index (χ1v) is 12.8. The maximum atomic E-state index is 12.0. The van der Waals surface area contributed by atoms with Gasteiger partial charge < -0.3 is 25.3 Å². The Kier molecular flexibility index (Phi) is 8.56. The number of carboxylic acids is 1. The number of anilines is 2. The second-order valence-electron chi connectivity index (χ2n) is 10.1. The van der Waals surface area contributed by atoms with Crippen molar-refractivity contribution in [3.05, 3.63) is 88.0 Å². The quantitative estimate of drug-likeness (QED) is 0.219. The van der Waals surface area contributed by atoms with Crippen LogP contribution in [0.15, 0.2) is 54.6 Å². The molecular formula is C30H38N4O4. The van der Waals surface area contributed by atoms with Gasteiger partial charge in [-0.25, -0.2) is 5.84 Å². The molecule has 0 saturated heterocycles. The number of nitrogens with two attached hydrogens (primary N) is 2. The Bertz CT molecular complexity index is 1290. The molecule has 0 saturated carbocycles. The van der Waals surface area contributed by atoms with E-state index in [0.717, 1.165) is 45.7 Å². The normalized spacial score (nSPS) is 16.3. The minimum Gasteiger partial charge on any atom is -0.486 e. The summed E-state index contributed by atoms with van der Waals surface area (Å²) in [6, 6.07) is 18.2. The first-order chi connectivity index (χ1) is 18.2. The molecule has 8 nitrogen and oxygen atoms in total. The maximum absolute atomic E-state index is 12.0. The molecule has 0 spiro atoms. The van der Waals surface area contributed by atoms with E-state index in [9.17, 15) is 9.90 Å². The van der Waals surface area contributed by atoms with E-state index >= 15 is 0 Å². The van der Waals surface area contributed by atoms with Crippen LogP contribution in [-0.4, -0.2) is 49.4 Å². The number of methoxy groups -OCH3 is 1. The van der Waals surface area contributed by atoms with Crippen molar-refractivity contribution in [1.29, 1.82) is 0 Å². The topological polar surface area (TPSA) is 114 Å². The second kappa shape index (κ2) is 11.9. The Hall–Kier alpha value is -3.59. The summed E-state index contributed by atoms with van der Waals surface area (Å²) in [5.74, 6) is 5.62. The van der Waals surface area contributed by atoms with Crippen molar-refractivity contribution in [3.8, 4) is 5.75 Å². The van der Waals surface area contributed by atoms with Gasteiger partial charge in [0.25, 0.3) is 0 Å². The van der Waals surface area contributed by atoms with Gasteiger partial charge in [-0.2, -0.15) is 0 Å². The highest BCUT2D eigenvalue weighted by molar-refractivity contribution is 5.74. The number of hydrazine groups is 1. The van der Waals surface area contributed by atoms with Gasteiger partial charge in [0.1, 0.15) is 11.9 Å². The lowest BCUT2D eigenvalue weighted by Gasteiger charge is -2.26. The minimum atomic E-state index is -0.862. The first-order valence-electron chi connectivity index (χ1n) is 12.8. The maximum Gasteiger partial charge on any atom is 0.304 e. The largest absolute Gasteiger partial charge is 0.486 e. The Balaban J connectivity index is 1.68. The van der Waals surface area contributed by atoms with Crippen LogP contribution in [0.3, 0.4) is 0 Å². The molecule has 4 rings (SSSR count). The SMILES string of the molecule is COCC1CN(Cc2cc(C(CC(=O)O)c3ccc(N(C)N)c(N)c3C)ccc2C)Cc2ccccc2O1. The third kappa shape index (κ3) is 6.10. The molecule has 1 aliphatic heterocycles. The smallest absolute Gasteiger partial charge is 0.304 e. The van der Waals surface area contributed by atoms with Gasteiger partial charge in [0, 0.05) is 45.3 Å². The molecule has 0 bridgehead atoms. The molecule has 3 aromatic rings. The lowest BCUT2D eigenvalue weighted by atomic mass is 9.84. The lowest BCUT2D eigenvalue weighted by Crippen LogP contribution is -2.35. The predicted molar refractivity (Wildman–Crippen MR) is 150 cm³/mol. The molecule has 5 N–H and O–H groups in total. The summed E-state index contributed by atoms with van der Waals surface area (Å²) in [6.07, 6.45) is -0.127. The number of carbonyl (C=O) groups is 1. The third-order valence-corrected chi connectivity index (χ3v) is 7.31. The molecule has 0 amide bonds. The number of nitrogen functional groups attached to an aromatic ring is 1. The van der Waals surface area contributed by atoms with Crippen molar-refractivity contribution in [2.45, 2.75) is 45.4 Å². The number of nitrogens with zero attached hydrogens (tertiary/aromatic N) is 2. The number of para-hydroxylation sites is 1. The molecule has 1 aliphatic rings. The van der Waals surface area contributed by atoms with Crippen LogP contribution in [0.2, 0.25) is 0 Å².